The van der Waals surface area contributed by atoms with Crippen molar-refractivity contribution in [2.45, 2.75) is 56.7 Å². The average Bonchev–Trinajstić information content (AvgIpc) is 3.52. The van der Waals surface area contributed by atoms with Crippen LogP contribution >= 0.6 is 0 Å². The number of para-hydroxylation sites is 1. The fraction of sp³-hybridized carbons (Fsp3) is 0.478. The number of aromatic hydroxyl groups is 2. The Labute approximate surface area is 185 Å². The lowest BCUT2D eigenvalue weighted by atomic mass is 9.64. The van der Waals surface area contributed by atoms with Crippen LogP contribution in [0, 0.1) is 0 Å². The summed E-state index contributed by atoms with van der Waals surface area (Å²) in [6.45, 7) is 3.60. The zero-order chi connectivity index (χ0) is 22.4. The van der Waals surface area contributed by atoms with Crippen LogP contribution in [0.2, 0.25) is 0 Å². The summed E-state index contributed by atoms with van der Waals surface area (Å²) >= 11 is 0. The summed E-state index contributed by atoms with van der Waals surface area (Å²) in [5, 5.41) is 48.0. The number of oxazole rings is 1. The zero-order valence-corrected chi connectivity index (χ0v) is 17.9. The van der Waals surface area contributed by atoms with E-state index >= 15 is 0 Å². The molecular weight excluding hydrogens is 412 g/mol. The molecule has 0 spiro atoms. The maximum Gasteiger partial charge on any atom is 0.300 e. The highest BCUT2D eigenvalue weighted by atomic mass is 16.4. The molecule has 1 saturated heterocycles. The number of aliphatic hydroxyl groups excluding tert-OH is 2. The Morgan fingerprint density at radius 3 is 2.38 bits per heavy atom. The van der Waals surface area contributed by atoms with Crippen LogP contribution in [0.15, 0.2) is 34.7 Å². The van der Waals surface area contributed by atoms with Crippen molar-refractivity contribution in [2.24, 2.45) is 0 Å². The number of hydrogen-bond donors (Lipinski definition) is 4. The third kappa shape index (κ3) is 3.23. The van der Waals surface area contributed by atoms with Crippen molar-refractivity contribution in [3.8, 4) is 17.4 Å². The van der Waals surface area contributed by atoms with Gasteiger partial charge in [-0.05, 0) is 31.4 Å². The third-order valence-corrected chi connectivity index (χ3v) is 6.57. The Bertz CT molecular complexity index is 1080. The van der Waals surface area contributed by atoms with Crippen LogP contribution in [0.25, 0.3) is 5.69 Å². The Morgan fingerprint density at radius 2 is 1.72 bits per heavy atom. The molecule has 32 heavy (non-hydrogen) atoms. The van der Waals surface area contributed by atoms with Gasteiger partial charge in [0.15, 0.2) is 5.76 Å². The zero-order valence-electron chi connectivity index (χ0n) is 17.9. The highest BCUT2D eigenvalue weighted by molar-refractivity contribution is 5.47. The summed E-state index contributed by atoms with van der Waals surface area (Å²) < 4.78 is 7.21. The van der Waals surface area contributed by atoms with Crippen molar-refractivity contribution >= 4 is 6.01 Å². The molecule has 2 aliphatic rings. The fourth-order valence-corrected chi connectivity index (χ4v) is 4.91. The van der Waals surface area contributed by atoms with Crippen molar-refractivity contribution in [1.82, 2.24) is 14.8 Å². The molecule has 3 heterocycles. The number of benzene rings is 1. The van der Waals surface area contributed by atoms with Crippen molar-refractivity contribution in [2.75, 3.05) is 18.0 Å². The predicted molar refractivity (Wildman–Crippen MR) is 116 cm³/mol. The van der Waals surface area contributed by atoms with Crippen LogP contribution in [-0.2, 0) is 6.42 Å². The monoisotopic (exact) mass is 440 g/mol. The molecular formula is C23H28N4O5. The quantitative estimate of drug-likeness (QED) is 0.460. The average molecular weight is 441 g/mol. The van der Waals surface area contributed by atoms with Crippen molar-refractivity contribution in [3.63, 3.8) is 0 Å². The smallest absolute Gasteiger partial charge is 0.300 e. The van der Waals surface area contributed by atoms with Crippen LogP contribution in [0.3, 0.4) is 0 Å². The molecule has 4 N–H and O–H groups in total. The highest BCUT2D eigenvalue weighted by Crippen LogP contribution is 2.53. The molecule has 2 atom stereocenters. The Hall–Kier alpha value is -3.04. The number of aliphatic hydroxyl groups is 2. The van der Waals surface area contributed by atoms with E-state index in [4.69, 9.17) is 4.42 Å². The molecule has 1 saturated carbocycles. The summed E-state index contributed by atoms with van der Waals surface area (Å²) in [6.07, 6.45) is 1.31. The van der Waals surface area contributed by atoms with Gasteiger partial charge in [0.05, 0.1) is 29.5 Å². The van der Waals surface area contributed by atoms with Gasteiger partial charge in [-0.3, -0.25) is 0 Å². The number of anilines is 1. The van der Waals surface area contributed by atoms with Gasteiger partial charge in [-0.25, -0.2) is 4.68 Å². The molecule has 5 rings (SSSR count). The summed E-state index contributed by atoms with van der Waals surface area (Å²) in [6, 6.07) is 9.54. The lowest BCUT2D eigenvalue weighted by Crippen LogP contribution is -2.51. The SMILES string of the molecule is CCCc1nn(-c2ccccc2)c(O)c1C1C(O)C(c2oc(N3CCCC3)nc2O)C1O. The molecule has 9 nitrogen and oxygen atoms in total. The number of aryl methyl sites for hydroxylation is 1. The summed E-state index contributed by atoms with van der Waals surface area (Å²) in [5.41, 5.74) is 1.76. The van der Waals surface area contributed by atoms with E-state index in [9.17, 15) is 20.4 Å². The number of hydrogen-bond acceptors (Lipinski definition) is 8. The summed E-state index contributed by atoms with van der Waals surface area (Å²) in [5.74, 6) is -1.92. The van der Waals surface area contributed by atoms with Gasteiger partial charge in [-0.15, -0.1) is 0 Å². The molecule has 1 aromatic carbocycles. The topological polar surface area (TPSA) is 128 Å². The van der Waals surface area contributed by atoms with Crippen LogP contribution in [0.4, 0.5) is 6.01 Å². The molecule has 0 radical (unpaired) electrons. The first-order valence-corrected chi connectivity index (χ1v) is 11.2. The molecule has 170 valence electrons. The Morgan fingerprint density at radius 1 is 1.03 bits per heavy atom. The van der Waals surface area contributed by atoms with Crippen molar-refractivity contribution in [1.29, 1.82) is 0 Å². The van der Waals surface area contributed by atoms with E-state index in [0.29, 0.717) is 29.4 Å². The molecule has 0 amide bonds. The van der Waals surface area contributed by atoms with E-state index in [-0.39, 0.29) is 17.5 Å². The molecule has 1 aliphatic heterocycles. The van der Waals surface area contributed by atoms with Crippen LogP contribution < -0.4 is 4.90 Å². The van der Waals surface area contributed by atoms with E-state index in [1.54, 1.807) is 0 Å². The van der Waals surface area contributed by atoms with E-state index in [2.05, 4.69) is 10.1 Å². The minimum atomic E-state index is -1.06. The highest BCUT2D eigenvalue weighted by Gasteiger charge is 2.55. The fourth-order valence-electron chi connectivity index (χ4n) is 4.91. The lowest BCUT2D eigenvalue weighted by Gasteiger charge is -2.45. The van der Waals surface area contributed by atoms with Gasteiger partial charge in [0.25, 0.3) is 5.88 Å². The molecule has 1 aliphatic carbocycles. The molecule has 2 aromatic heterocycles. The van der Waals surface area contributed by atoms with Gasteiger partial charge in [0.2, 0.25) is 5.88 Å². The Balaban J connectivity index is 1.46. The van der Waals surface area contributed by atoms with E-state index in [1.165, 1.54) is 4.68 Å². The standard InChI is InChI=1S/C23H28N4O5/c1-2-8-14-15(22(31)27(25-14)13-9-4-3-5-10-13)16-18(28)17(19(16)29)20-21(30)24-23(32-20)26-11-6-7-12-26/h3-5,9-10,16-19,28-31H,2,6-8,11-12H2,1H3. The molecule has 2 unspecified atom stereocenters. The summed E-state index contributed by atoms with van der Waals surface area (Å²) in [4.78, 5) is 6.04. The Kier molecular flexibility index (Phi) is 5.30. The minimum absolute atomic E-state index is 0.0788. The second-order valence-electron chi connectivity index (χ2n) is 8.59. The maximum atomic E-state index is 11.0. The maximum absolute atomic E-state index is 11.0. The van der Waals surface area contributed by atoms with Crippen LogP contribution in [0.5, 0.6) is 11.8 Å². The summed E-state index contributed by atoms with van der Waals surface area (Å²) in [7, 11) is 0. The third-order valence-electron chi connectivity index (χ3n) is 6.57. The molecule has 2 fully saturated rings. The van der Waals surface area contributed by atoms with Crippen molar-refractivity contribution < 1.29 is 24.8 Å². The minimum Gasteiger partial charge on any atom is -0.493 e. The molecule has 9 heteroatoms. The van der Waals surface area contributed by atoms with Gasteiger partial charge in [-0.1, -0.05) is 31.5 Å². The lowest BCUT2D eigenvalue weighted by molar-refractivity contribution is -0.0865. The van der Waals surface area contributed by atoms with Crippen molar-refractivity contribution in [3.05, 3.63) is 47.3 Å². The first-order valence-electron chi connectivity index (χ1n) is 11.2. The first kappa shape index (κ1) is 20.8. The van der Waals surface area contributed by atoms with E-state index < -0.39 is 24.0 Å². The van der Waals surface area contributed by atoms with Crippen LogP contribution in [0.1, 0.15) is 55.0 Å². The van der Waals surface area contributed by atoms with E-state index in [0.717, 1.165) is 32.4 Å². The number of aromatic nitrogens is 3. The normalized spacial score (nSPS) is 25.3. The van der Waals surface area contributed by atoms with Crippen LogP contribution in [-0.4, -0.2) is 60.5 Å². The number of rotatable bonds is 6. The van der Waals surface area contributed by atoms with Gasteiger partial charge < -0.3 is 29.7 Å². The second kappa shape index (κ2) is 8.14. The van der Waals surface area contributed by atoms with Gasteiger partial charge in [-0.2, -0.15) is 10.1 Å². The first-order chi connectivity index (χ1) is 15.5. The number of nitrogens with zero attached hydrogens (tertiary/aromatic N) is 4. The largest absolute Gasteiger partial charge is 0.493 e. The molecule has 0 bridgehead atoms. The molecule has 3 aromatic rings. The van der Waals surface area contributed by atoms with Gasteiger partial charge in [0.1, 0.15) is 0 Å². The van der Waals surface area contributed by atoms with E-state index in [1.807, 2.05) is 42.2 Å². The predicted octanol–water partition coefficient (Wildman–Crippen LogP) is 2.43. The second-order valence-corrected chi connectivity index (χ2v) is 8.59. The van der Waals surface area contributed by atoms with Gasteiger partial charge >= 0.3 is 6.01 Å². The van der Waals surface area contributed by atoms with Gasteiger partial charge in [0, 0.05) is 24.6 Å².